The van der Waals surface area contributed by atoms with Crippen LogP contribution < -0.4 is 0 Å². The predicted molar refractivity (Wildman–Crippen MR) is 61.3 cm³/mol. The Morgan fingerprint density at radius 2 is 2.00 bits per heavy atom. The van der Waals surface area contributed by atoms with Gasteiger partial charge in [0.05, 0.1) is 6.61 Å². The zero-order chi connectivity index (χ0) is 14.6. The summed E-state index contributed by atoms with van der Waals surface area (Å²) in [6.45, 7) is -0.156. The number of carbonyl (C=O) groups is 1. The van der Waals surface area contributed by atoms with Gasteiger partial charge in [0.1, 0.15) is 0 Å². The number of halogens is 2. The Bertz CT molecular complexity index is 617. The van der Waals surface area contributed by atoms with E-state index < -0.39 is 21.3 Å². The minimum absolute atomic E-state index is 0.156. The normalized spacial score (nSPS) is 47.6. The van der Waals surface area contributed by atoms with Gasteiger partial charge in [-0.1, -0.05) is 0 Å². The summed E-state index contributed by atoms with van der Waals surface area (Å²) in [4.78, 5) is 11.2. The van der Waals surface area contributed by atoms with Crippen LogP contribution in [-0.4, -0.2) is 30.8 Å². The van der Waals surface area contributed by atoms with Gasteiger partial charge >= 0.3 is 21.3 Å². The molecule has 4 fully saturated rings. The van der Waals surface area contributed by atoms with Crippen LogP contribution in [0.15, 0.2) is 0 Å². The molecular weight excluding hydrogens is 294 g/mol. The van der Waals surface area contributed by atoms with Crippen LogP contribution >= 0.6 is 0 Å². The quantitative estimate of drug-likeness (QED) is 0.628. The lowest BCUT2D eigenvalue weighted by Gasteiger charge is -2.63. The summed E-state index contributed by atoms with van der Waals surface area (Å²) < 4.78 is 60.0. The average molecular weight is 308 g/mol. The van der Waals surface area contributed by atoms with Gasteiger partial charge in [-0.3, -0.25) is 4.55 Å². The number of hydrogen-bond acceptors (Lipinski definition) is 4. The van der Waals surface area contributed by atoms with Crippen molar-refractivity contribution < 1.29 is 31.3 Å². The fraction of sp³-hybridized carbons (Fsp3) is 0.917. The van der Waals surface area contributed by atoms with E-state index in [0.29, 0.717) is 23.2 Å². The van der Waals surface area contributed by atoms with Crippen molar-refractivity contribution in [1.82, 2.24) is 0 Å². The monoisotopic (exact) mass is 308 g/mol. The van der Waals surface area contributed by atoms with E-state index in [-0.39, 0.29) is 12.0 Å². The first kappa shape index (κ1) is 12.9. The first-order chi connectivity index (χ1) is 9.12. The van der Waals surface area contributed by atoms with Gasteiger partial charge in [-0.05, 0) is 48.9 Å². The summed E-state index contributed by atoms with van der Waals surface area (Å²) in [7, 11) is -5.78. The van der Waals surface area contributed by atoms with Crippen LogP contribution in [0.3, 0.4) is 0 Å². The van der Waals surface area contributed by atoms with Crippen LogP contribution in [0.2, 0.25) is 0 Å². The molecule has 5 unspecified atom stereocenters. The molecule has 0 aromatic heterocycles. The van der Waals surface area contributed by atoms with Crippen LogP contribution in [0.1, 0.15) is 25.7 Å². The van der Waals surface area contributed by atoms with Gasteiger partial charge in [0.25, 0.3) is 0 Å². The lowest BCUT2D eigenvalue weighted by atomic mass is 9.42. The van der Waals surface area contributed by atoms with Crippen molar-refractivity contribution in [1.29, 1.82) is 0 Å². The molecule has 0 aromatic carbocycles. The summed E-state index contributed by atoms with van der Waals surface area (Å²) in [6, 6.07) is 0. The fourth-order valence-electron chi connectivity index (χ4n) is 5.44. The number of carbonyl (C=O) groups excluding carboxylic acids is 1. The van der Waals surface area contributed by atoms with Crippen molar-refractivity contribution in [3.63, 3.8) is 0 Å². The third-order valence-electron chi connectivity index (χ3n) is 6.05. The van der Waals surface area contributed by atoms with E-state index in [4.69, 9.17) is 4.55 Å². The predicted octanol–water partition coefficient (Wildman–Crippen LogP) is 1.45. The molecule has 5 nitrogen and oxygen atoms in total. The maximum Gasteiger partial charge on any atom is 0.465 e. The highest BCUT2D eigenvalue weighted by atomic mass is 32.2. The molecule has 0 aromatic rings. The zero-order valence-electron chi connectivity index (χ0n) is 10.5. The highest BCUT2D eigenvalue weighted by molar-refractivity contribution is 7.87. The Labute approximate surface area is 114 Å². The van der Waals surface area contributed by atoms with Gasteiger partial charge in [-0.2, -0.15) is 17.2 Å². The van der Waals surface area contributed by atoms with Crippen LogP contribution in [0, 0.1) is 28.6 Å². The Balaban J connectivity index is 1.44. The number of rotatable bonds is 4. The van der Waals surface area contributed by atoms with Crippen LogP contribution in [-0.2, 0) is 19.6 Å². The number of esters is 1. The number of hydrogen-bond donors (Lipinski definition) is 1. The first-order valence-corrected chi connectivity index (χ1v) is 8.09. The molecular formula is C12H14F2O5S. The molecule has 20 heavy (non-hydrogen) atoms. The van der Waals surface area contributed by atoms with Crippen LogP contribution in [0.5, 0.6) is 0 Å². The molecule has 5 atom stereocenters. The van der Waals surface area contributed by atoms with Gasteiger partial charge in [-0.25, -0.2) is 4.79 Å². The van der Waals surface area contributed by atoms with E-state index in [1.165, 1.54) is 12.8 Å². The molecule has 0 aliphatic heterocycles. The van der Waals surface area contributed by atoms with E-state index in [0.717, 1.165) is 12.8 Å². The van der Waals surface area contributed by atoms with E-state index in [2.05, 4.69) is 4.74 Å². The maximum atomic E-state index is 13.1. The summed E-state index contributed by atoms with van der Waals surface area (Å²) >= 11 is 0. The molecule has 4 rings (SSSR count). The smallest absolute Gasteiger partial charge is 0.460 e. The molecule has 112 valence electrons. The van der Waals surface area contributed by atoms with Crippen molar-refractivity contribution in [2.45, 2.75) is 30.9 Å². The van der Waals surface area contributed by atoms with Crippen molar-refractivity contribution >= 4 is 16.1 Å². The SMILES string of the molecule is O=C(OCC12CC3CC4(CC4C1)C32)C(F)(F)S(=O)(=O)O. The minimum atomic E-state index is -5.78. The lowest BCUT2D eigenvalue weighted by molar-refractivity contribution is -0.195. The topological polar surface area (TPSA) is 80.7 Å². The van der Waals surface area contributed by atoms with Gasteiger partial charge in [-0.15, -0.1) is 0 Å². The number of ether oxygens (including phenoxy) is 1. The first-order valence-electron chi connectivity index (χ1n) is 6.65. The highest BCUT2D eigenvalue weighted by Gasteiger charge is 2.83. The van der Waals surface area contributed by atoms with Crippen LogP contribution in [0.25, 0.3) is 0 Å². The molecule has 0 radical (unpaired) electrons. The summed E-state index contributed by atoms with van der Waals surface area (Å²) in [5.74, 6) is -0.450. The second kappa shape index (κ2) is 3.19. The van der Waals surface area contributed by atoms with Gasteiger partial charge < -0.3 is 4.74 Å². The van der Waals surface area contributed by atoms with E-state index in [1.807, 2.05) is 0 Å². The molecule has 0 amide bonds. The summed E-state index contributed by atoms with van der Waals surface area (Å²) in [5.41, 5.74) is 0.178. The zero-order valence-corrected chi connectivity index (χ0v) is 11.3. The van der Waals surface area contributed by atoms with Crippen molar-refractivity contribution in [3.05, 3.63) is 0 Å². The van der Waals surface area contributed by atoms with Gasteiger partial charge in [0.2, 0.25) is 0 Å². The molecule has 0 saturated heterocycles. The molecule has 0 bridgehead atoms. The second-order valence-electron chi connectivity index (χ2n) is 6.91. The van der Waals surface area contributed by atoms with Crippen LogP contribution in [0.4, 0.5) is 8.78 Å². The van der Waals surface area contributed by atoms with Gasteiger partial charge in [0.15, 0.2) is 0 Å². The molecule has 4 aliphatic carbocycles. The molecule has 1 spiro atoms. The van der Waals surface area contributed by atoms with Crippen molar-refractivity contribution in [2.24, 2.45) is 28.6 Å². The number of alkyl halides is 2. The van der Waals surface area contributed by atoms with E-state index in [1.54, 1.807) is 0 Å². The Hall–Kier alpha value is -0.760. The lowest BCUT2D eigenvalue weighted by Crippen LogP contribution is -2.59. The summed E-state index contributed by atoms with van der Waals surface area (Å²) in [6.07, 6.45) is 4.17. The van der Waals surface area contributed by atoms with E-state index in [9.17, 15) is 22.0 Å². The Morgan fingerprint density at radius 1 is 1.30 bits per heavy atom. The molecule has 0 heterocycles. The van der Waals surface area contributed by atoms with Crippen molar-refractivity contribution in [2.75, 3.05) is 6.61 Å². The van der Waals surface area contributed by atoms with Crippen molar-refractivity contribution in [3.8, 4) is 0 Å². The summed E-state index contributed by atoms with van der Waals surface area (Å²) in [5, 5.41) is -4.88. The third-order valence-corrected chi connectivity index (χ3v) is 6.86. The third kappa shape index (κ3) is 1.25. The second-order valence-corrected chi connectivity index (χ2v) is 8.38. The standard InChI is InChI=1S/C12H14F2O5S/c13-12(14,20(16,17)18)9(15)19-5-10-1-6-2-11(8(6)10)4-7(11)3-10/h6-8H,1-5H2,(H,16,17,18). The fourth-order valence-corrected chi connectivity index (χ4v) is 5.71. The largest absolute Gasteiger partial charge is 0.465 e. The maximum absolute atomic E-state index is 13.1. The molecule has 4 saturated carbocycles. The van der Waals surface area contributed by atoms with E-state index >= 15 is 0 Å². The minimum Gasteiger partial charge on any atom is -0.460 e. The Kier molecular flexibility index (Phi) is 2.06. The highest BCUT2D eigenvalue weighted by Crippen LogP contribution is 2.89. The average Bonchev–Trinajstić information content (AvgIpc) is 2.94. The molecule has 1 N–H and O–H groups in total. The van der Waals surface area contributed by atoms with Gasteiger partial charge in [0, 0.05) is 5.41 Å². The molecule has 8 heteroatoms. The Morgan fingerprint density at radius 3 is 2.60 bits per heavy atom. The molecule has 4 aliphatic rings.